The van der Waals surface area contributed by atoms with E-state index in [1.54, 1.807) is 24.4 Å². The van der Waals surface area contributed by atoms with Gasteiger partial charge in [0, 0.05) is 11.3 Å². The maximum Gasteiger partial charge on any atom is 0.341 e. The highest BCUT2D eigenvalue weighted by atomic mass is 32.1. The van der Waals surface area contributed by atoms with E-state index in [0.717, 1.165) is 41.7 Å². The number of fused-ring (bicyclic) bond motifs is 1. The molecule has 1 aliphatic rings. The second kappa shape index (κ2) is 12.6. The van der Waals surface area contributed by atoms with E-state index < -0.39 is 30.5 Å². The van der Waals surface area contributed by atoms with Gasteiger partial charge in [-0.3, -0.25) is 9.59 Å². The Bertz CT molecular complexity index is 1250. The molecule has 194 valence electrons. The Kier molecular flexibility index (Phi) is 9.08. The molecule has 2 amide bonds. The van der Waals surface area contributed by atoms with Crippen molar-refractivity contribution in [2.75, 3.05) is 18.5 Å². The third-order valence-corrected chi connectivity index (χ3v) is 7.94. The van der Waals surface area contributed by atoms with Crippen LogP contribution in [-0.2, 0) is 38.3 Å². The van der Waals surface area contributed by atoms with Gasteiger partial charge in [0.1, 0.15) is 11.0 Å². The van der Waals surface area contributed by atoms with E-state index in [1.807, 2.05) is 30.3 Å². The van der Waals surface area contributed by atoms with Crippen LogP contribution in [0, 0.1) is 0 Å². The summed E-state index contributed by atoms with van der Waals surface area (Å²) in [5.41, 5.74) is 2.16. The number of carbonyl (C=O) groups is 4. The number of nitrogens with one attached hydrogen (secondary N) is 2. The molecule has 2 heterocycles. The van der Waals surface area contributed by atoms with Crippen LogP contribution in [0.1, 0.15) is 55.8 Å². The number of amides is 2. The van der Waals surface area contributed by atoms with Gasteiger partial charge in [0.15, 0.2) is 6.61 Å². The van der Waals surface area contributed by atoms with Crippen LogP contribution < -0.4 is 10.6 Å². The number of hydrogen-bond donors (Lipinski definition) is 2. The van der Waals surface area contributed by atoms with Gasteiger partial charge in [-0.15, -0.1) is 22.7 Å². The SMILES string of the molecule is CCOC(=O)c1c(NC(=O)COC(=O)[C@H](Cc2ccccc2)NC(=O)c2cccs2)sc2c1CCCC2. The van der Waals surface area contributed by atoms with E-state index in [9.17, 15) is 19.2 Å². The number of thiophene rings is 2. The number of anilines is 1. The molecule has 1 aliphatic carbocycles. The summed E-state index contributed by atoms with van der Waals surface area (Å²) in [6.07, 6.45) is 3.82. The largest absolute Gasteiger partial charge is 0.462 e. The molecule has 1 atom stereocenters. The van der Waals surface area contributed by atoms with Crippen molar-refractivity contribution in [3.05, 3.63) is 74.3 Å². The van der Waals surface area contributed by atoms with Crippen LogP contribution >= 0.6 is 22.7 Å². The molecule has 1 aromatic carbocycles. The summed E-state index contributed by atoms with van der Waals surface area (Å²) in [6.45, 7) is 1.41. The summed E-state index contributed by atoms with van der Waals surface area (Å²) in [5.74, 6) is -2.14. The number of rotatable bonds is 10. The summed E-state index contributed by atoms with van der Waals surface area (Å²) < 4.78 is 10.5. The highest BCUT2D eigenvalue weighted by Gasteiger charge is 2.28. The Labute approximate surface area is 223 Å². The average molecular weight is 541 g/mol. The fourth-order valence-electron chi connectivity index (χ4n) is 4.15. The first-order valence-corrected chi connectivity index (χ1v) is 13.8. The monoisotopic (exact) mass is 540 g/mol. The number of carbonyl (C=O) groups excluding carboxylic acids is 4. The second-order valence-electron chi connectivity index (χ2n) is 8.48. The number of benzene rings is 1. The van der Waals surface area contributed by atoms with Crippen LogP contribution in [0.5, 0.6) is 0 Å². The lowest BCUT2D eigenvalue weighted by Gasteiger charge is -2.17. The Hall–Kier alpha value is -3.50. The molecule has 0 fully saturated rings. The standard InChI is InChI=1S/C27H28N2O6S2/c1-2-34-27(33)23-18-11-6-7-12-20(18)37-25(23)29-22(30)16-35-26(32)19(15-17-9-4-3-5-10-17)28-24(31)21-13-8-14-36-21/h3-5,8-10,13-14,19H,2,6-7,11-12,15-16H2,1H3,(H,28,31)(H,29,30)/t19-/m0/s1. The van der Waals surface area contributed by atoms with Crippen molar-refractivity contribution in [1.82, 2.24) is 5.32 Å². The average Bonchev–Trinajstić information content (AvgIpc) is 3.56. The third-order valence-electron chi connectivity index (χ3n) is 5.87. The summed E-state index contributed by atoms with van der Waals surface area (Å²) in [5, 5.41) is 7.64. The number of hydrogen-bond acceptors (Lipinski definition) is 8. The predicted octanol–water partition coefficient (Wildman–Crippen LogP) is 4.39. The van der Waals surface area contributed by atoms with E-state index in [1.165, 1.54) is 22.7 Å². The first-order valence-electron chi connectivity index (χ1n) is 12.1. The molecule has 2 aromatic heterocycles. The Morgan fingerprint density at radius 2 is 1.78 bits per heavy atom. The second-order valence-corrected chi connectivity index (χ2v) is 10.5. The first kappa shape index (κ1) is 26.6. The molecule has 0 spiro atoms. The van der Waals surface area contributed by atoms with Crippen LogP contribution in [0.25, 0.3) is 0 Å². The maximum absolute atomic E-state index is 12.9. The first-order chi connectivity index (χ1) is 18.0. The van der Waals surface area contributed by atoms with Gasteiger partial charge in [-0.2, -0.15) is 0 Å². The molecule has 4 rings (SSSR count). The molecular formula is C27H28N2O6S2. The fraction of sp³-hybridized carbons (Fsp3) is 0.333. The number of ether oxygens (including phenoxy) is 2. The zero-order chi connectivity index (χ0) is 26.2. The summed E-state index contributed by atoms with van der Waals surface area (Å²) in [6, 6.07) is 11.7. The van der Waals surface area contributed by atoms with Crippen LogP contribution in [-0.4, -0.2) is 43.0 Å². The van der Waals surface area contributed by atoms with Crippen molar-refractivity contribution in [2.45, 2.75) is 45.1 Å². The number of aryl methyl sites for hydroxylation is 1. The molecule has 0 saturated heterocycles. The molecule has 10 heteroatoms. The predicted molar refractivity (Wildman–Crippen MR) is 142 cm³/mol. The Balaban J connectivity index is 1.42. The molecular weight excluding hydrogens is 512 g/mol. The number of esters is 2. The fourth-order valence-corrected chi connectivity index (χ4v) is 6.07. The van der Waals surface area contributed by atoms with E-state index in [-0.39, 0.29) is 18.9 Å². The minimum absolute atomic E-state index is 0.211. The van der Waals surface area contributed by atoms with Gasteiger partial charge in [-0.1, -0.05) is 36.4 Å². The van der Waals surface area contributed by atoms with Crippen molar-refractivity contribution in [3.8, 4) is 0 Å². The van der Waals surface area contributed by atoms with E-state index in [0.29, 0.717) is 15.4 Å². The minimum Gasteiger partial charge on any atom is -0.462 e. The van der Waals surface area contributed by atoms with Gasteiger partial charge in [0.2, 0.25) is 0 Å². The molecule has 0 unspecified atom stereocenters. The quantitative estimate of drug-likeness (QED) is 0.369. The van der Waals surface area contributed by atoms with Gasteiger partial charge < -0.3 is 20.1 Å². The molecule has 8 nitrogen and oxygen atoms in total. The smallest absolute Gasteiger partial charge is 0.341 e. The topological polar surface area (TPSA) is 111 Å². The van der Waals surface area contributed by atoms with Crippen molar-refractivity contribution < 1.29 is 28.7 Å². The molecule has 0 radical (unpaired) electrons. The highest BCUT2D eigenvalue weighted by molar-refractivity contribution is 7.17. The molecule has 0 bridgehead atoms. The highest BCUT2D eigenvalue weighted by Crippen LogP contribution is 2.38. The molecule has 37 heavy (non-hydrogen) atoms. The van der Waals surface area contributed by atoms with Crippen LogP contribution in [0.4, 0.5) is 5.00 Å². The van der Waals surface area contributed by atoms with Crippen molar-refractivity contribution >= 4 is 51.4 Å². The third kappa shape index (κ3) is 6.84. The van der Waals surface area contributed by atoms with Gasteiger partial charge >= 0.3 is 11.9 Å². The molecule has 0 aliphatic heterocycles. The normalized spacial score (nSPS) is 13.2. The summed E-state index contributed by atoms with van der Waals surface area (Å²) in [4.78, 5) is 52.4. The van der Waals surface area contributed by atoms with Crippen molar-refractivity contribution in [3.63, 3.8) is 0 Å². The van der Waals surface area contributed by atoms with Gasteiger partial charge in [0.25, 0.3) is 11.8 Å². The van der Waals surface area contributed by atoms with Gasteiger partial charge in [0.05, 0.1) is 17.0 Å². The van der Waals surface area contributed by atoms with Crippen molar-refractivity contribution in [1.29, 1.82) is 0 Å². The lowest BCUT2D eigenvalue weighted by Crippen LogP contribution is -2.43. The van der Waals surface area contributed by atoms with E-state index in [4.69, 9.17) is 9.47 Å². The minimum atomic E-state index is -0.978. The van der Waals surface area contributed by atoms with Crippen LogP contribution in [0.15, 0.2) is 47.8 Å². The zero-order valence-electron chi connectivity index (χ0n) is 20.4. The Morgan fingerprint density at radius 3 is 2.51 bits per heavy atom. The zero-order valence-corrected chi connectivity index (χ0v) is 22.0. The van der Waals surface area contributed by atoms with Gasteiger partial charge in [-0.05, 0) is 55.2 Å². The Morgan fingerprint density at radius 1 is 1.00 bits per heavy atom. The van der Waals surface area contributed by atoms with Crippen LogP contribution in [0.3, 0.4) is 0 Å². The van der Waals surface area contributed by atoms with Gasteiger partial charge in [-0.25, -0.2) is 9.59 Å². The summed E-state index contributed by atoms with van der Waals surface area (Å²) in [7, 11) is 0. The van der Waals surface area contributed by atoms with Crippen molar-refractivity contribution in [2.24, 2.45) is 0 Å². The van der Waals surface area contributed by atoms with E-state index in [2.05, 4.69) is 10.6 Å². The molecule has 0 saturated carbocycles. The van der Waals surface area contributed by atoms with Crippen LogP contribution in [0.2, 0.25) is 0 Å². The summed E-state index contributed by atoms with van der Waals surface area (Å²) >= 11 is 2.63. The molecule has 2 N–H and O–H groups in total. The molecule has 3 aromatic rings. The maximum atomic E-state index is 12.9. The van der Waals surface area contributed by atoms with E-state index >= 15 is 0 Å². The lowest BCUT2D eigenvalue weighted by atomic mass is 9.95. The lowest BCUT2D eigenvalue weighted by molar-refractivity contribution is -0.149.